The van der Waals surface area contributed by atoms with E-state index in [1.54, 1.807) is 0 Å². The summed E-state index contributed by atoms with van der Waals surface area (Å²) in [5.74, 6) is -2.47. The van der Waals surface area contributed by atoms with Gasteiger partial charge in [0.05, 0.1) is 13.2 Å². The van der Waals surface area contributed by atoms with Gasteiger partial charge in [-0.2, -0.15) is 0 Å². The lowest BCUT2D eigenvalue weighted by Gasteiger charge is -2.31. The molecule has 1 aromatic rings. The number of nitrogens with one attached hydrogen (secondary N) is 1. The normalized spacial score (nSPS) is 14.8. The van der Waals surface area contributed by atoms with Crippen LogP contribution in [-0.2, 0) is 0 Å². The fraction of sp³-hybridized carbons (Fsp3) is 0.760. The van der Waals surface area contributed by atoms with Crippen LogP contribution in [0.25, 0.3) is 0 Å². The first-order valence-electron chi connectivity index (χ1n) is 12.4. The third-order valence-corrected chi connectivity index (χ3v) is 6.50. The van der Waals surface area contributed by atoms with Crippen molar-refractivity contribution in [3.05, 3.63) is 11.4 Å². The smallest absolute Gasteiger partial charge is 0.356 e. The Morgan fingerprint density at radius 2 is 1.09 bits per heavy atom. The highest BCUT2D eigenvalue weighted by atomic mass is 16.5. The predicted octanol–water partition coefficient (Wildman–Crippen LogP) is 6.67. The first kappa shape index (κ1) is 26.1. The van der Waals surface area contributed by atoms with Crippen LogP contribution in [0, 0.1) is 5.41 Å². The number of hydrogen-bond acceptors (Lipinski definition) is 4. The number of aromatic nitrogens is 1. The Kier molecular flexibility index (Phi) is 10.9. The lowest BCUT2D eigenvalue weighted by Crippen LogP contribution is -2.34. The largest absolute Gasteiger partial charge is 0.487 e. The molecular formula is C25H41NO6. The number of unbranched alkanes of at least 4 members (excludes halogenated alkanes) is 10. The van der Waals surface area contributed by atoms with Gasteiger partial charge >= 0.3 is 11.9 Å². The summed E-state index contributed by atoms with van der Waals surface area (Å²) >= 11 is 0. The first-order chi connectivity index (χ1) is 15.4. The summed E-state index contributed by atoms with van der Waals surface area (Å²) in [6.07, 6.45) is 16.2. The lowest BCUT2D eigenvalue weighted by atomic mass is 9.79. The molecule has 0 fully saturated rings. The number of fused-ring (bicyclic) bond motifs is 1. The molecule has 1 aliphatic rings. The molecule has 0 saturated heterocycles. The average molecular weight is 452 g/mol. The van der Waals surface area contributed by atoms with E-state index in [2.05, 4.69) is 18.8 Å². The zero-order valence-electron chi connectivity index (χ0n) is 19.8. The molecule has 0 bridgehead atoms. The summed E-state index contributed by atoms with van der Waals surface area (Å²) in [6, 6.07) is 0. The highest BCUT2D eigenvalue weighted by Crippen LogP contribution is 2.43. The van der Waals surface area contributed by atoms with Gasteiger partial charge in [0, 0.05) is 5.41 Å². The fourth-order valence-electron chi connectivity index (χ4n) is 4.51. The Morgan fingerprint density at radius 1 is 0.719 bits per heavy atom. The van der Waals surface area contributed by atoms with Gasteiger partial charge in [-0.05, 0) is 12.8 Å². The van der Waals surface area contributed by atoms with Crippen LogP contribution in [0.3, 0.4) is 0 Å². The lowest BCUT2D eigenvalue weighted by molar-refractivity contribution is 0.0649. The molecule has 0 amide bonds. The molecule has 3 N–H and O–H groups in total. The van der Waals surface area contributed by atoms with Crippen LogP contribution >= 0.6 is 0 Å². The Bertz CT molecular complexity index is 668. The third kappa shape index (κ3) is 7.45. The van der Waals surface area contributed by atoms with Crippen LogP contribution in [-0.4, -0.2) is 40.3 Å². The maximum atomic E-state index is 11.6. The van der Waals surface area contributed by atoms with Gasteiger partial charge < -0.3 is 24.7 Å². The van der Waals surface area contributed by atoms with Crippen molar-refractivity contribution < 1.29 is 29.3 Å². The molecule has 1 aromatic heterocycles. The maximum absolute atomic E-state index is 11.6. The molecule has 0 unspecified atom stereocenters. The van der Waals surface area contributed by atoms with E-state index in [9.17, 15) is 19.8 Å². The van der Waals surface area contributed by atoms with E-state index in [4.69, 9.17) is 9.47 Å². The highest BCUT2D eigenvalue weighted by molar-refractivity contribution is 5.97. The minimum atomic E-state index is -1.25. The fourth-order valence-corrected chi connectivity index (χ4v) is 4.51. The van der Waals surface area contributed by atoms with Crippen molar-refractivity contribution in [1.29, 1.82) is 0 Å². The van der Waals surface area contributed by atoms with Gasteiger partial charge in [-0.15, -0.1) is 0 Å². The molecule has 32 heavy (non-hydrogen) atoms. The average Bonchev–Trinajstić information content (AvgIpc) is 3.05. The maximum Gasteiger partial charge on any atom is 0.356 e. The van der Waals surface area contributed by atoms with Crippen LogP contribution in [0.15, 0.2) is 0 Å². The molecule has 0 spiro atoms. The van der Waals surface area contributed by atoms with Crippen LogP contribution in [0.1, 0.15) is 125 Å². The standard InChI is InChI=1S/C25H41NO6/c1-3-5-7-9-11-13-15-25(16-14-12-10-8-6-4-2)17-31-21-19(23(27)28)26-20(24(29)30)22(21)32-18-25/h26H,3-18H2,1-2H3,(H,27,28)(H,29,30). The van der Waals surface area contributed by atoms with Crippen molar-refractivity contribution in [2.75, 3.05) is 13.2 Å². The quantitative estimate of drug-likeness (QED) is 0.242. The summed E-state index contributed by atoms with van der Waals surface area (Å²) in [5.41, 5.74) is -0.743. The van der Waals surface area contributed by atoms with Crippen LogP contribution in [0.5, 0.6) is 11.5 Å². The summed E-state index contributed by atoms with van der Waals surface area (Å²) < 4.78 is 12.0. The molecule has 0 atom stereocenters. The molecule has 0 aromatic carbocycles. The van der Waals surface area contributed by atoms with E-state index >= 15 is 0 Å². The van der Waals surface area contributed by atoms with Crippen molar-refractivity contribution in [3.63, 3.8) is 0 Å². The molecule has 182 valence electrons. The number of hydrogen-bond donors (Lipinski definition) is 3. The van der Waals surface area contributed by atoms with Gasteiger partial charge in [-0.3, -0.25) is 0 Å². The number of aromatic carboxylic acids is 2. The predicted molar refractivity (Wildman–Crippen MR) is 124 cm³/mol. The Morgan fingerprint density at radius 3 is 1.47 bits per heavy atom. The molecule has 2 heterocycles. The SMILES string of the molecule is CCCCCCCCC1(CCCCCCCC)COc2c(C(=O)O)[nH]c(C(=O)O)c2OC1. The number of ether oxygens (including phenoxy) is 2. The molecule has 2 rings (SSSR count). The molecule has 0 saturated carbocycles. The summed E-state index contributed by atoms with van der Waals surface area (Å²) in [5, 5.41) is 19.0. The summed E-state index contributed by atoms with van der Waals surface area (Å²) in [6.45, 7) is 5.12. The molecule has 7 heteroatoms. The number of rotatable bonds is 16. The van der Waals surface area contributed by atoms with E-state index in [-0.39, 0.29) is 28.3 Å². The van der Waals surface area contributed by atoms with Gasteiger partial charge in [-0.25, -0.2) is 9.59 Å². The van der Waals surface area contributed by atoms with E-state index in [0.717, 1.165) is 38.5 Å². The van der Waals surface area contributed by atoms with E-state index in [1.165, 1.54) is 51.4 Å². The van der Waals surface area contributed by atoms with Crippen molar-refractivity contribution in [1.82, 2.24) is 4.98 Å². The van der Waals surface area contributed by atoms with Gasteiger partial charge in [0.1, 0.15) is 0 Å². The molecule has 7 nitrogen and oxygen atoms in total. The molecular weight excluding hydrogens is 410 g/mol. The van der Waals surface area contributed by atoms with E-state index in [1.807, 2.05) is 0 Å². The van der Waals surface area contributed by atoms with Crippen LogP contribution < -0.4 is 9.47 Å². The summed E-state index contributed by atoms with van der Waals surface area (Å²) in [7, 11) is 0. The van der Waals surface area contributed by atoms with Crippen LogP contribution in [0.2, 0.25) is 0 Å². The molecule has 1 aliphatic heterocycles. The zero-order valence-corrected chi connectivity index (χ0v) is 19.8. The third-order valence-electron chi connectivity index (χ3n) is 6.50. The van der Waals surface area contributed by atoms with Gasteiger partial charge in [0.15, 0.2) is 22.9 Å². The van der Waals surface area contributed by atoms with Crippen LogP contribution in [0.4, 0.5) is 0 Å². The second-order valence-electron chi connectivity index (χ2n) is 9.26. The number of aromatic amines is 1. The number of carboxylic acid groups (broad SMARTS) is 2. The van der Waals surface area contributed by atoms with Crippen molar-refractivity contribution >= 4 is 11.9 Å². The second-order valence-corrected chi connectivity index (χ2v) is 9.26. The number of carboxylic acids is 2. The zero-order chi connectivity index (χ0) is 23.4. The van der Waals surface area contributed by atoms with Crippen molar-refractivity contribution in [2.45, 2.75) is 104 Å². The molecule has 0 aliphatic carbocycles. The summed E-state index contributed by atoms with van der Waals surface area (Å²) in [4.78, 5) is 25.7. The van der Waals surface area contributed by atoms with Crippen molar-refractivity contribution in [3.8, 4) is 11.5 Å². The minimum Gasteiger partial charge on any atom is -0.487 e. The second kappa shape index (κ2) is 13.4. The van der Waals surface area contributed by atoms with Gasteiger partial charge in [0.2, 0.25) is 0 Å². The van der Waals surface area contributed by atoms with Crippen molar-refractivity contribution in [2.24, 2.45) is 5.41 Å². The van der Waals surface area contributed by atoms with Gasteiger partial charge in [0.25, 0.3) is 0 Å². The monoisotopic (exact) mass is 451 g/mol. The Balaban J connectivity index is 2.08. The van der Waals surface area contributed by atoms with Gasteiger partial charge in [-0.1, -0.05) is 90.9 Å². The number of H-pyrrole nitrogens is 1. The highest BCUT2D eigenvalue weighted by Gasteiger charge is 2.38. The van der Waals surface area contributed by atoms with E-state index in [0.29, 0.717) is 13.2 Å². The minimum absolute atomic E-state index is 0.0164. The molecule has 0 radical (unpaired) electrons. The topological polar surface area (TPSA) is 109 Å². The first-order valence-corrected chi connectivity index (χ1v) is 12.4. The number of carbonyl (C=O) groups is 2. The Labute approximate surface area is 191 Å². The van der Waals surface area contributed by atoms with E-state index < -0.39 is 11.9 Å². The Hall–Kier alpha value is -2.18.